The second kappa shape index (κ2) is 8.35. The molecule has 2 aromatic carbocycles. The number of nitrogens with zero attached hydrogens (tertiary/aromatic N) is 4. The molecule has 0 unspecified atom stereocenters. The Labute approximate surface area is 186 Å². The zero-order chi connectivity index (χ0) is 22.1. The van der Waals surface area contributed by atoms with Crippen LogP contribution >= 0.6 is 0 Å². The van der Waals surface area contributed by atoms with Crippen LogP contribution in [0.2, 0.25) is 0 Å². The average Bonchev–Trinajstić information content (AvgIpc) is 3.13. The molecule has 0 radical (unpaired) electrons. The molecule has 4 nitrogen and oxygen atoms in total. The summed E-state index contributed by atoms with van der Waals surface area (Å²) in [7, 11) is 0. The summed E-state index contributed by atoms with van der Waals surface area (Å²) < 4.78 is 16.6. The highest BCUT2D eigenvalue weighted by molar-refractivity contribution is 5.83. The van der Waals surface area contributed by atoms with Gasteiger partial charge in [-0.3, -0.25) is 4.98 Å². The lowest BCUT2D eigenvalue weighted by atomic mass is 10.0. The summed E-state index contributed by atoms with van der Waals surface area (Å²) >= 11 is 0. The van der Waals surface area contributed by atoms with Crippen molar-refractivity contribution in [3.8, 4) is 11.1 Å². The smallest absolute Gasteiger partial charge is 0.220 e. The normalized spacial score (nSPS) is 11.2. The lowest BCUT2D eigenvalue weighted by molar-refractivity contribution is 0.587. The van der Waals surface area contributed by atoms with E-state index in [2.05, 4.69) is 46.6 Å². The number of rotatable bonds is 5. The minimum atomic E-state index is -0.468. The van der Waals surface area contributed by atoms with Gasteiger partial charge in [-0.25, -0.2) is 9.97 Å². The van der Waals surface area contributed by atoms with Crippen molar-refractivity contribution in [1.29, 1.82) is 0 Å². The number of halogens is 1. The molecule has 5 rings (SSSR count). The minimum absolute atomic E-state index is 0.468. The van der Waals surface area contributed by atoms with Crippen LogP contribution in [-0.2, 0) is 13.0 Å². The van der Waals surface area contributed by atoms with Crippen molar-refractivity contribution in [3.63, 3.8) is 0 Å². The Morgan fingerprint density at radius 2 is 1.75 bits per heavy atom. The number of benzene rings is 2. The third-order valence-electron chi connectivity index (χ3n) is 5.84. The number of aromatic nitrogens is 4. The number of hydrogen-bond donors (Lipinski definition) is 0. The van der Waals surface area contributed by atoms with E-state index in [1.807, 2.05) is 30.3 Å². The number of imidazole rings is 1. The zero-order valence-electron chi connectivity index (χ0n) is 18.1. The summed E-state index contributed by atoms with van der Waals surface area (Å²) in [6.07, 6.45) is 5.76. The van der Waals surface area contributed by atoms with Crippen LogP contribution in [0.3, 0.4) is 0 Å². The summed E-state index contributed by atoms with van der Waals surface area (Å²) in [5.74, 6) is 0.500. The van der Waals surface area contributed by atoms with E-state index < -0.39 is 5.95 Å². The third-order valence-corrected chi connectivity index (χ3v) is 5.84. The molecular weight excluding hydrogens is 399 g/mol. The first kappa shape index (κ1) is 20.1. The minimum Gasteiger partial charge on any atom is -0.323 e. The fourth-order valence-electron chi connectivity index (χ4n) is 4.08. The highest BCUT2D eigenvalue weighted by Gasteiger charge is 2.15. The maximum atomic E-state index is 14.4. The standard InChI is InChI=1S/C27H23FN4/c1-18-5-6-19(2)22(14-18)17-32-25-16-21(23-4-3-11-30-27(23)28)7-8-24(25)31-26(32)15-20-9-12-29-13-10-20/h3-14,16H,15,17H2,1-2H3. The Hall–Kier alpha value is -3.86. The van der Waals surface area contributed by atoms with Gasteiger partial charge >= 0.3 is 0 Å². The Bertz CT molecular complexity index is 1410. The second-order valence-corrected chi connectivity index (χ2v) is 8.12. The maximum absolute atomic E-state index is 14.4. The fraction of sp³-hybridized carbons (Fsp3) is 0.148. The first-order valence-electron chi connectivity index (χ1n) is 10.6. The summed E-state index contributed by atoms with van der Waals surface area (Å²) in [4.78, 5) is 12.9. The number of pyridine rings is 2. The van der Waals surface area contributed by atoms with Crippen molar-refractivity contribution in [2.24, 2.45) is 0 Å². The van der Waals surface area contributed by atoms with Gasteiger partial charge in [0, 0.05) is 37.1 Å². The molecule has 158 valence electrons. The van der Waals surface area contributed by atoms with Crippen molar-refractivity contribution < 1.29 is 4.39 Å². The van der Waals surface area contributed by atoms with Crippen LogP contribution in [0.4, 0.5) is 4.39 Å². The van der Waals surface area contributed by atoms with Crippen molar-refractivity contribution in [2.45, 2.75) is 26.8 Å². The highest BCUT2D eigenvalue weighted by Crippen LogP contribution is 2.28. The summed E-state index contributed by atoms with van der Waals surface area (Å²) in [6, 6.07) is 19.9. The summed E-state index contributed by atoms with van der Waals surface area (Å²) in [5, 5.41) is 0. The lowest BCUT2D eigenvalue weighted by Gasteiger charge is -2.13. The predicted molar refractivity (Wildman–Crippen MR) is 125 cm³/mol. The van der Waals surface area contributed by atoms with E-state index in [1.54, 1.807) is 24.5 Å². The first-order chi connectivity index (χ1) is 15.6. The lowest BCUT2D eigenvalue weighted by Crippen LogP contribution is -2.07. The molecular formula is C27H23FN4. The molecule has 0 amide bonds. The van der Waals surface area contributed by atoms with E-state index in [0.29, 0.717) is 18.5 Å². The summed E-state index contributed by atoms with van der Waals surface area (Å²) in [5.41, 5.74) is 8.02. The van der Waals surface area contributed by atoms with E-state index in [0.717, 1.165) is 28.0 Å². The molecule has 3 aromatic heterocycles. The van der Waals surface area contributed by atoms with E-state index in [9.17, 15) is 4.39 Å². The average molecular weight is 423 g/mol. The van der Waals surface area contributed by atoms with Gasteiger partial charge in [-0.2, -0.15) is 4.39 Å². The molecule has 0 atom stereocenters. The van der Waals surface area contributed by atoms with Gasteiger partial charge in [-0.05, 0) is 72.5 Å². The Morgan fingerprint density at radius 3 is 2.56 bits per heavy atom. The van der Waals surface area contributed by atoms with E-state index >= 15 is 0 Å². The molecule has 0 saturated carbocycles. The predicted octanol–water partition coefficient (Wildman–Crippen LogP) is 5.89. The van der Waals surface area contributed by atoms with Crippen molar-refractivity contribution in [2.75, 3.05) is 0 Å². The Kier molecular flexibility index (Phi) is 5.23. The largest absolute Gasteiger partial charge is 0.323 e. The molecule has 0 bridgehead atoms. The molecule has 0 N–H and O–H groups in total. The molecule has 3 heterocycles. The Balaban J connectivity index is 1.67. The topological polar surface area (TPSA) is 43.6 Å². The number of aryl methyl sites for hydroxylation is 2. The molecule has 0 fully saturated rings. The van der Waals surface area contributed by atoms with Crippen LogP contribution in [0.1, 0.15) is 28.1 Å². The Morgan fingerprint density at radius 1 is 0.906 bits per heavy atom. The van der Waals surface area contributed by atoms with Crippen LogP contribution in [-0.4, -0.2) is 19.5 Å². The summed E-state index contributed by atoms with van der Waals surface area (Å²) in [6.45, 7) is 4.94. The molecule has 0 aliphatic carbocycles. The van der Waals surface area contributed by atoms with Crippen molar-refractivity contribution in [1.82, 2.24) is 19.5 Å². The van der Waals surface area contributed by atoms with Gasteiger partial charge in [0.1, 0.15) is 5.82 Å². The molecule has 5 heteroatoms. The van der Waals surface area contributed by atoms with Crippen molar-refractivity contribution in [3.05, 3.63) is 113 Å². The van der Waals surface area contributed by atoms with Gasteiger partial charge in [0.05, 0.1) is 11.0 Å². The van der Waals surface area contributed by atoms with Gasteiger partial charge in [-0.15, -0.1) is 0 Å². The number of hydrogen-bond acceptors (Lipinski definition) is 3. The molecule has 5 aromatic rings. The molecule has 0 aliphatic rings. The van der Waals surface area contributed by atoms with Crippen molar-refractivity contribution >= 4 is 11.0 Å². The molecule has 0 saturated heterocycles. The second-order valence-electron chi connectivity index (χ2n) is 8.12. The number of fused-ring (bicyclic) bond motifs is 1. The van der Waals surface area contributed by atoms with Gasteiger partial charge in [0.2, 0.25) is 5.95 Å². The van der Waals surface area contributed by atoms with Gasteiger partial charge in [-0.1, -0.05) is 29.8 Å². The zero-order valence-corrected chi connectivity index (χ0v) is 18.1. The fourth-order valence-corrected chi connectivity index (χ4v) is 4.08. The first-order valence-corrected chi connectivity index (χ1v) is 10.6. The van der Waals surface area contributed by atoms with Gasteiger partial charge in [0.15, 0.2) is 0 Å². The van der Waals surface area contributed by atoms with Crippen LogP contribution in [0.15, 0.2) is 79.3 Å². The molecule has 0 spiro atoms. The van der Waals surface area contributed by atoms with Gasteiger partial charge in [0.25, 0.3) is 0 Å². The molecule has 32 heavy (non-hydrogen) atoms. The van der Waals surface area contributed by atoms with Gasteiger partial charge < -0.3 is 4.57 Å². The molecule has 0 aliphatic heterocycles. The van der Waals surface area contributed by atoms with Crippen LogP contribution in [0.25, 0.3) is 22.2 Å². The van der Waals surface area contributed by atoms with Crippen LogP contribution < -0.4 is 0 Å². The highest BCUT2D eigenvalue weighted by atomic mass is 19.1. The SMILES string of the molecule is Cc1ccc(C)c(Cn2c(Cc3ccncc3)nc3ccc(-c4cccnc4F)cc32)c1. The third kappa shape index (κ3) is 3.89. The maximum Gasteiger partial charge on any atom is 0.220 e. The van der Waals surface area contributed by atoms with Crippen LogP contribution in [0, 0.1) is 19.8 Å². The quantitative estimate of drug-likeness (QED) is 0.332. The van der Waals surface area contributed by atoms with E-state index in [1.165, 1.54) is 22.9 Å². The monoisotopic (exact) mass is 422 g/mol. The van der Waals surface area contributed by atoms with Crippen LogP contribution in [0.5, 0.6) is 0 Å². The van der Waals surface area contributed by atoms with E-state index in [4.69, 9.17) is 4.98 Å². The van der Waals surface area contributed by atoms with E-state index in [-0.39, 0.29) is 0 Å².